The highest BCUT2D eigenvalue weighted by molar-refractivity contribution is 5.99. The number of benzene rings is 2. The molecule has 3 aromatic rings. The Kier molecular flexibility index (Phi) is 4.86. The summed E-state index contributed by atoms with van der Waals surface area (Å²) in [5.41, 5.74) is 7.01. The maximum absolute atomic E-state index is 12.5. The van der Waals surface area contributed by atoms with Gasteiger partial charge in [-0.3, -0.25) is 4.79 Å². The van der Waals surface area contributed by atoms with E-state index in [9.17, 15) is 9.90 Å². The molecule has 0 radical (unpaired) electrons. The Bertz CT molecular complexity index is 948. The van der Waals surface area contributed by atoms with Crippen molar-refractivity contribution in [1.82, 2.24) is 15.3 Å². The predicted octanol–water partition coefficient (Wildman–Crippen LogP) is 2.63. The SMILES string of the molecule is CC(C)(CO)CNC(=O)c1nc(-c2cccc3ccccc23)cnc1N. The zero-order valence-corrected chi connectivity index (χ0v) is 14.9. The molecule has 1 amide bonds. The zero-order valence-electron chi connectivity index (χ0n) is 14.9. The van der Waals surface area contributed by atoms with E-state index in [0.29, 0.717) is 12.2 Å². The highest BCUT2D eigenvalue weighted by Crippen LogP contribution is 2.27. The number of anilines is 1. The molecule has 3 rings (SSSR count). The van der Waals surface area contributed by atoms with E-state index in [1.165, 1.54) is 0 Å². The lowest BCUT2D eigenvalue weighted by atomic mass is 9.95. The number of hydrogen-bond donors (Lipinski definition) is 3. The minimum absolute atomic E-state index is 0.0372. The van der Waals surface area contributed by atoms with Crippen LogP contribution in [0.5, 0.6) is 0 Å². The molecular formula is C20H22N4O2. The standard InChI is InChI=1S/C20H22N4O2/c1-20(2,12-25)11-23-19(26)17-18(21)22-10-16(24-17)15-9-5-7-13-6-3-4-8-14(13)15/h3-10,25H,11-12H2,1-2H3,(H2,21,22)(H,23,26). The normalized spacial score (nSPS) is 11.5. The Morgan fingerprint density at radius 1 is 1.19 bits per heavy atom. The van der Waals surface area contributed by atoms with Crippen LogP contribution in [0.1, 0.15) is 24.3 Å². The first-order chi connectivity index (χ1) is 12.4. The number of nitrogen functional groups attached to an aromatic ring is 1. The number of hydrogen-bond acceptors (Lipinski definition) is 5. The highest BCUT2D eigenvalue weighted by Gasteiger charge is 2.20. The van der Waals surface area contributed by atoms with E-state index in [1.807, 2.05) is 56.3 Å². The van der Waals surface area contributed by atoms with E-state index in [1.54, 1.807) is 6.20 Å². The van der Waals surface area contributed by atoms with Gasteiger partial charge in [0.2, 0.25) is 0 Å². The van der Waals surface area contributed by atoms with Crippen molar-refractivity contribution in [3.8, 4) is 11.3 Å². The molecule has 134 valence electrons. The molecule has 6 heteroatoms. The van der Waals surface area contributed by atoms with Gasteiger partial charge in [0.1, 0.15) is 0 Å². The maximum Gasteiger partial charge on any atom is 0.273 e. The molecule has 0 saturated carbocycles. The predicted molar refractivity (Wildman–Crippen MR) is 103 cm³/mol. The summed E-state index contributed by atoms with van der Waals surface area (Å²) in [6, 6.07) is 13.9. The molecule has 0 unspecified atom stereocenters. The van der Waals surface area contributed by atoms with Gasteiger partial charge in [-0.1, -0.05) is 56.3 Å². The smallest absolute Gasteiger partial charge is 0.273 e. The average Bonchev–Trinajstić information content (AvgIpc) is 2.66. The quantitative estimate of drug-likeness (QED) is 0.657. The third-order valence-corrected chi connectivity index (χ3v) is 4.24. The molecule has 0 atom stereocenters. The van der Waals surface area contributed by atoms with E-state index < -0.39 is 11.3 Å². The van der Waals surface area contributed by atoms with Gasteiger partial charge in [0, 0.05) is 24.1 Å². The minimum Gasteiger partial charge on any atom is -0.396 e. The van der Waals surface area contributed by atoms with Crippen molar-refractivity contribution < 1.29 is 9.90 Å². The van der Waals surface area contributed by atoms with Gasteiger partial charge in [0.25, 0.3) is 5.91 Å². The second kappa shape index (κ2) is 7.09. The van der Waals surface area contributed by atoms with E-state index in [0.717, 1.165) is 16.3 Å². The van der Waals surface area contributed by atoms with Crippen molar-refractivity contribution >= 4 is 22.5 Å². The summed E-state index contributed by atoms with van der Waals surface area (Å²) in [5, 5.41) is 14.2. The van der Waals surface area contributed by atoms with Crippen molar-refractivity contribution in [3.63, 3.8) is 0 Å². The van der Waals surface area contributed by atoms with E-state index in [4.69, 9.17) is 5.73 Å². The van der Waals surface area contributed by atoms with E-state index in [2.05, 4.69) is 15.3 Å². The first kappa shape index (κ1) is 17.8. The largest absolute Gasteiger partial charge is 0.396 e. The number of aliphatic hydroxyl groups excluding tert-OH is 1. The summed E-state index contributed by atoms with van der Waals surface area (Å²) < 4.78 is 0. The van der Waals surface area contributed by atoms with Gasteiger partial charge in [-0.15, -0.1) is 0 Å². The molecule has 0 bridgehead atoms. The summed E-state index contributed by atoms with van der Waals surface area (Å²) in [4.78, 5) is 21.1. The summed E-state index contributed by atoms with van der Waals surface area (Å²) >= 11 is 0. The molecular weight excluding hydrogens is 328 g/mol. The molecule has 2 aromatic carbocycles. The summed E-state index contributed by atoms with van der Waals surface area (Å²) in [6.07, 6.45) is 1.57. The van der Waals surface area contributed by atoms with Gasteiger partial charge in [-0.05, 0) is 10.8 Å². The van der Waals surface area contributed by atoms with Gasteiger partial charge in [0.05, 0.1) is 11.9 Å². The first-order valence-electron chi connectivity index (χ1n) is 8.41. The van der Waals surface area contributed by atoms with Crippen molar-refractivity contribution in [3.05, 3.63) is 54.4 Å². The van der Waals surface area contributed by atoms with Crippen molar-refractivity contribution in [2.75, 3.05) is 18.9 Å². The molecule has 4 N–H and O–H groups in total. The third-order valence-electron chi connectivity index (χ3n) is 4.24. The molecule has 0 saturated heterocycles. The molecule has 0 aliphatic heterocycles. The Labute approximate surface area is 152 Å². The number of nitrogens with zero attached hydrogens (tertiary/aromatic N) is 2. The van der Waals surface area contributed by atoms with E-state index >= 15 is 0 Å². The molecule has 26 heavy (non-hydrogen) atoms. The number of fused-ring (bicyclic) bond motifs is 1. The van der Waals surface area contributed by atoms with Crippen LogP contribution in [0, 0.1) is 5.41 Å². The number of carbonyl (C=O) groups excluding carboxylic acids is 1. The lowest BCUT2D eigenvalue weighted by Crippen LogP contribution is -2.36. The number of aliphatic hydroxyl groups is 1. The monoisotopic (exact) mass is 350 g/mol. The summed E-state index contributed by atoms with van der Waals surface area (Å²) in [7, 11) is 0. The van der Waals surface area contributed by atoms with Gasteiger partial charge < -0.3 is 16.2 Å². The number of nitrogens with one attached hydrogen (secondary N) is 1. The topological polar surface area (TPSA) is 101 Å². The molecule has 0 aliphatic carbocycles. The van der Waals surface area contributed by atoms with Gasteiger partial charge >= 0.3 is 0 Å². The minimum atomic E-state index is -0.426. The van der Waals surface area contributed by atoms with Crippen LogP contribution in [0.15, 0.2) is 48.7 Å². The lowest BCUT2D eigenvalue weighted by molar-refractivity contribution is 0.0907. The van der Waals surface area contributed by atoms with Crippen molar-refractivity contribution in [1.29, 1.82) is 0 Å². The Morgan fingerprint density at radius 3 is 2.69 bits per heavy atom. The highest BCUT2D eigenvalue weighted by atomic mass is 16.3. The second-order valence-electron chi connectivity index (χ2n) is 7.02. The Balaban J connectivity index is 1.96. The Hall–Kier alpha value is -2.99. The van der Waals surface area contributed by atoms with Gasteiger partial charge in [-0.25, -0.2) is 9.97 Å². The average molecular weight is 350 g/mol. The van der Waals surface area contributed by atoms with Crippen LogP contribution in [-0.2, 0) is 0 Å². The van der Waals surface area contributed by atoms with Crippen LogP contribution in [0.2, 0.25) is 0 Å². The van der Waals surface area contributed by atoms with Gasteiger partial charge in [-0.2, -0.15) is 0 Å². The fourth-order valence-corrected chi connectivity index (χ4v) is 2.60. The molecule has 0 aliphatic rings. The summed E-state index contributed by atoms with van der Waals surface area (Å²) in [5.74, 6) is -0.327. The summed E-state index contributed by atoms with van der Waals surface area (Å²) in [6.45, 7) is 3.98. The molecule has 0 spiro atoms. The fourth-order valence-electron chi connectivity index (χ4n) is 2.60. The van der Waals surface area contributed by atoms with Crippen LogP contribution < -0.4 is 11.1 Å². The van der Waals surface area contributed by atoms with Crippen LogP contribution in [0.3, 0.4) is 0 Å². The van der Waals surface area contributed by atoms with Crippen LogP contribution in [-0.4, -0.2) is 34.1 Å². The maximum atomic E-state index is 12.5. The third kappa shape index (κ3) is 3.65. The molecule has 0 fully saturated rings. The van der Waals surface area contributed by atoms with Gasteiger partial charge in [0.15, 0.2) is 11.5 Å². The van der Waals surface area contributed by atoms with Crippen molar-refractivity contribution in [2.45, 2.75) is 13.8 Å². The first-order valence-corrected chi connectivity index (χ1v) is 8.41. The van der Waals surface area contributed by atoms with Crippen molar-refractivity contribution in [2.24, 2.45) is 5.41 Å². The second-order valence-corrected chi connectivity index (χ2v) is 7.02. The fraction of sp³-hybridized carbons (Fsp3) is 0.250. The van der Waals surface area contributed by atoms with E-state index in [-0.39, 0.29) is 18.1 Å². The molecule has 1 heterocycles. The lowest BCUT2D eigenvalue weighted by Gasteiger charge is -2.21. The van der Waals surface area contributed by atoms with Crippen LogP contribution in [0.4, 0.5) is 5.82 Å². The molecule has 1 aromatic heterocycles. The zero-order chi connectivity index (χ0) is 18.7. The number of aromatic nitrogens is 2. The molecule has 6 nitrogen and oxygen atoms in total. The van der Waals surface area contributed by atoms with Crippen LogP contribution >= 0.6 is 0 Å². The number of nitrogens with two attached hydrogens (primary N) is 1. The number of rotatable bonds is 5. The van der Waals surface area contributed by atoms with Crippen LogP contribution in [0.25, 0.3) is 22.0 Å². The number of carbonyl (C=O) groups is 1. The number of amides is 1. The Morgan fingerprint density at radius 2 is 1.92 bits per heavy atom.